The van der Waals surface area contributed by atoms with Crippen molar-refractivity contribution in [3.8, 4) is 0 Å². The number of allylic oxidation sites excluding steroid dienone is 2. The summed E-state index contributed by atoms with van der Waals surface area (Å²) >= 11 is 0. The van der Waals surface area contributed by atoms with Crippen LogP contribution in [0.4, 0.5) is 0 Å². The molecule has 146 valence electrons. The van der Waals surface area contributed by atoms with E-state index in [4.69, 9.17) is 0 Å². The number of hydrogen-bond acceptors (Lipinski definition) is 4. The number of carbonyl (C=O) groups is 3. The van der Waals surface area contributed by atoms with Crippen LogP contribution in [0.2, 0.25) is 0 Å². The van der Waals surface area contributed by atoms with Crippen molar-refractivity contribution < 1.29 is 14.4 Å². The topological polar surface area (TPSA) is 60.9 Å². The predicted octanol–water partition coefficient (Wildman–Crippen LogP) is 1.14. The van der Waals surface area contributed by atoms with Crippen LogP contribution in [0.3, 0.4) is 0 Å². The predicted molar refractivity (Wildman–Crippen MR) is 103 cm³/mol. The molecule has 0 radical (unpaired) electrons. The second kappa shape index (κ2) is 6.85. The number of rotatable bonds is 4. The van der Waals surface area contributed by atoms with Crippen molar-refractivity contribution in [2.75, 3.05) is 32.7 Å². The zero-order valence-corrected chi connectivity index (χ0v) is 15.9. The summed E-state index contributed by atoms with van der Waals surface area (Å²) in [4.78, 5) is 43.6. The number of hydrogen-bond donors (Lipinski definition) is 0. The Bertz CT molecular complexity index is 799. The van der Waals surface area contributed by atoms with Gasteiger partial charge < -0.3 is 4.90 Å². The molecule has 1 saturated carbocycles. The molecule has 1 aromatic carbocycles. The highest BCUT2D eigenvalue weighted by Crippen LogP contribution is 2.52. The number of piperazine rings is 1. The van der Waals surface area contributed by atoms with E-state index in [0.717, 1.165) is 26.1 Å². The van der Waals surface area contributed by atoms with Crippen molar-refractivity contribution in [2.24, 2.45) is 23.7 Å². The van der Waals surface area contributed by atoms with E-state index in [1.165, 1.54) is 10.5 Å². The van der Waals surface area contributed by atoms with Gasteiger partial charge in [-0.05, 0) is 23.8 Å². The first-order valence-electron chi connectivity index (χ1n) is 10.2. The lowest BCUT2D eigenvalue weighted by Crippen LogP contribution is -2.51. The standard InChI is InChI=1S/C22H25N3O3/c26-18(24-10-8-23(9-11-24)13-15-4-2-1-3-5-15)14-25-21(27)19-16-6-7-17(12-16)20(19)22(25)28/h1-7,16-17,19-20H,8-14H2/t16-,17-,19+,20+/m0/s1. The highest BCUT2D eigenvalue weighted by Gasteiger charge is 2.59. The number of likely N-dealkylation sites (tertiary alicyclic amines) is 1. The fraction of sp³-hybridized carbons (Fsp3) is 0.500. The molecular weight excluding hydrogens is 354 g/mol. The van der Waals surface area contributed by atoms with Gasteiger partial charge in [0.2, 0.25) is 17.7 Å². The number of imide groups is 1. The van der Waals surface area contributed by atoms with Crippen LogP contribution in [0.15, 0.2) is 42.5 Å². The molecule has 0 aromatic heterocycles. The van der Waals surface area contributed by atoms with Crippen LogP contribution < -0.4 is 0 Å². The molecule has 1 aromatic rings. The SMILES string of the molecule is O=C(CN1C(=O)[C@H]2[C@H](C1=O)[C@H]1C=C[C@H]2C1)N1CCN(Cc2ccccc2)CC1. The number of fused-ring (bicyclic) bond motifs is 5. The average molecular weight is 379 g/mol. The van der Waals surface area contributed by atoms with Gasteiger partial charge in [-0.3, -0.25) is 24.2 Å². The molecule has 0 unspecified atom stereocenters. The first-order valence-corrected chi connectivity index (χ1v) is 10.2. The molecule has 0 spiro atoms. The van der Waals surface area contributed by atoms with E-state index in [0.29, 0.717) is 13.1 Å². The van der Waals surface area contributed by atoms with Gasteiger partial charge >= 0.3 is 0 Å². The maximum absolute atomic E-state index is 12.8. The Kier molecular flexibility index (Phi) is 4.31. The van der Waals surface area contributed by atoms with Crippen molar-refractivity contribution in [3.05, 3.63) is 48.0 Å². The number of amides is 3. The summed E-state index contributed by atoms with van der Waals surface area (Å²) in [5.41, 5.74) is 1.27. The largest absolute Gasteiger partial charge is 0.339 e. The Hall–Kier alpha value is -2.47. The molecule has 2 saturated heterocycles. The molecule has 2 bridgehead atoms. The van der Waals surface area contributed by atoms with Crippen molar-refractivity contribution in [1.82, 2.24) is 14.7 Å². The first kappa shape index (κ1) is 17.6. The Balaban J connectivity index is 1.16. The van der Waals surface area contributed by atoms with Gasteiger partial charge in [0.05, 0.1) is 11.8 Å². The average Bonchev–Trinajstić information content (AvgIpc) is 3.39. The lowest BCUT2D eigenvalue weighted by molar-refractivity contribution is -0.147. The minimum Gasteiger partial charge on any atom is -0.339 e. The zero-order chi connectivity index (χ0) is 19.3. The number of benzene rings is 1. The van der Waals surface area contributed by atoms with Gasteiger partial charge in [-0.2, -0.15) is 0 Å². The number of carbonyl (C=O) groups excluding carboxylic acids is 3. The Morgan fingerprint density at radius 1 is 0.893 bits per heavy atom. The summed E-state index contributed by atoms with van der Waals surface area (Å²) in [6.45, 7) is 3.68. The fourth-order valence-corrected chi connectivity index (χ4v) is 5.35. The third-order valence-corrected chi connectivity index (χ3v) is 6.83. The van der Waals surface area contributed by atoms with Crippen molar-refractivity contribution in [2.45, 2.75) is 13.0 Å². The summed E-state index contributed by atoms with van der Waals surface area (Å²) < 4.78 is 0. The number of nitrogens with zero attached hydrogens (tertiary/aromatic N) is 3. The molecule has 2 heterocycles. The van der Waals surface area contributed by atoms with Crippen LogP contribution in [0, 0.1) is 23.7 Å². The van der Waals surface area contributed by atoms with Crippen LogP contribution in [0.1, 0.15) is 12.0 Å². The summed E-state index contributed by atoms with van der Waals surface area (Å²) in [6, 6.07) is 10.3. The van der Waals surface area contributed by atoms with E-state index in [-0.39, 0.29) is 47.9 Å². The molecule has 3 amide bonds. The quantitative estimate of drug-likeness (QED) is 0.581. The summed E-state index contributed by atoms with van der Waals surface area (Å²) in [5, 5.41) is 0. The lowest BCUT2D eigenvalue weighted by Gasteiger charge is -2.35. The van der Waals surface area contributed by atoms with E-state index in [9.17, 15) is 14.4 Å². The van der Waals surface area contributed by atoms with Gasteiger partial charge in [0.1, 0.15) is 6.54 Å². The van der Waals surface area contributed by atoms with Gasteiger partial charge in [-0.25, -0.2) is 0 Å². The third-order valence-electron chi connectivity index (χ3n) is 6.83. The minimum absolute atomic E-state index is 0.0945. The molecular formula is C22H25N3O3. The summed E-state index contributed by atoms with van der Waals surface area (Å²) in [5.74, 6) is -0.454. The van der Waals surface area contributed by atoms with Crippen molar-refractivity contribution >= 4 is 17.7 Å². The van der Waals surface area contributed by atoms with Gasteiger partial charge in [0, 0.05) is 32.7 Å². The molecule has 4 atom stereocenters. The van der Waals surface area contributed by atoms with E-state index in [1.54, 1.807) is 4.90 Å². The summed E-state index contributed by atoms with van der Waals surface area (Å²) in [6.07, 6.45) is 5.07. The maximum Gasteiger partial charge on any atom is 0.242 e. The third kappa shape index (κ3) is 2.87. The van der Waals surface area contributed by atoms with E-state index in [1.807, 2.05) is 18.2 Å². The second-order valence-electron chi connectivity index (χ2n) is 8.41. The van der Waals surface area contributed by atoms with Crippen LogP contribution in [0.5, 0.6) is 0 Å². The van der Waals surface area contributed by atoms with Crippen molar-refractivity contribution in [1.29, 1.82) is 0 Å². The van der Waals surface area contributed by atoms with Crippen molar-refractivity contribution in [3.63, 3.8) is 0 Å². The van der Waals surface area contributed by atoms with Crippen LogP contribution >= 0.6 is 0 Å². The van der Waals surface area contributed by atoms with Crippen LogP contribution in [-0.2, 0) is 20.9 Å². The molecule has 4 aliphatic rings. The van der Waals surface area contributed by atoms with Crippen LogP contribution in [-0.4, -0.2) is 65.1 Å². The zero-order valence-electron chi connectivity index (χ0n) is 15.9. The molecule has 3 fully saturated rings. The minimum atomic E-state index is -0.224. The molecule has 2 aliphatic carbocycles. The highest BCUT2D eigenvalue weighted by atomic mass is 16.2. The monoisotopic (exact) mass is 379 g/mol. The van der Waals surface area contributed by atoms with Gasteiger partial charge in [0.15, 0.2) is 0 Å². The maximum atomic E-state index is 12.8. The van der Waals surface area contributed by atoms with Gasteiger partial charge in [-0.15, -0.1) is 0 Å². The molecule has 6 nitrogen and oxygen atoms in total. The normalized spacial score (nSPS) is 31.7. The Morgan fingerprint density at radius 3 is 2.11 bits per heavy atom. The molecule has 5 rings (SSSR count). The second-order valence-corrected chi connectivity index (χ2v) is 8.41. The van der Waals surface area contributed by atoms with E-state index in [2.05, 4.69) is 29.2 Å². The molecule has 28 heavy (non-hydrogen) atoms. The van der Waals surface area contributed by atoms with E-state index < -0.39 is 0 Å². The van der Waals surface area contributed by atoms with Gasteiger partial charge in [-0.1, -0.05) is 42.5 Å². The highest BCUT2D eigenvalue weighted by molar-refractivity contribution is 6.08. The molecule has 0 N–H and O–H groups in total. The van der Waals surface area contributed by atoms with Gasteiger partial charge in [0.25, 0.3) is 0 Å². The smallest absolute Gasteiger partial charge is 0.242 e. The Morgan fingerprint density at radius 2 is 1.50 bits per heavy atom. The van der Waals surface area contributed by atoms with Crippen LogP contribution in [0.25, 0.3) is 0 Å². The fourth-order valence-electron chi connectivity index (χ4n) is 5.35. The lowest BCUT2D eigenvalue weighted by atomic mass is 9.85. The first-order chi connectivity index (χ1) is 13.6. The summed E-state index contributed by atoms with van der Waals surface area (Å²) in [7, 11) is 0. The van der Waals surface area contributed by atoms with E-state index >= 15 is 0 Å². The molecule has 2 aliphatic heterocycles. The Labute approximate surface area is 164 Å². The molecule has 6 heteroatoms.